The zero-order chi connectivity index (χ0) is 15.3. The Bertz CT molecular complexity index is 425. The lowest BCUT2D eigenvalue weighted by Crippen LogP contribution is -2.50. The van der Waals surface area contributed by atoms with Crippen LogP contribution in [0.5, 0.6) is 0 Å². The molecule has 21 heavy (non-hydrogen) atoms. The van der Waals surface area contributed by atoms with Crippen LogP contribution in [0.1, 0.15) is 66.2 Å². The molecule has 0 aromatic rings. The number of amides is 1. The van der Waals surface area contributed by atoms with Gasteiger partial charge in [0.2, 0.25) is 5.91 Å². The van der Waals surface area contributed by atoms with E-state index in [1.807, 2.05) is 0 Å². The van der Waals surface area contributed by atoms with Crippen molar-refractivity contribution in [2.45, 2.75) is 72.3 Å². The molecular formula is C18H32N2O. The number of nitrogens with zero attached hydrogens (tertiary/aromatic N) is 1. The summed E-state index contributed by atoms with van der Waals surface area (Å²) in [5, 5.41) is 3.42. The summed E-state index contributed by atoms with van der Waals surface area (Å²) in [4.78, 5) is 15.6. The number of nitrogens with one attached hydrogen (secondary N) is 1. The van der Waals surface area contributed by atoms with E-state index in [1.54, 1.807) is 0 Å². The zero-order valence-corrected chi connectivity index (χ0v) is 14.3. The first-order chi connectivity index (χ1) is 9.79. The van der Waals surface area contributed by atoms with E-state index in [0.717, 1.165) is 38.9 Å². The molecule has 2 saturated heterocycles. The Kier molecular flexibility index (Phi) is 3.63. The molecule has 0 aromatic carbocycles. The number of hydrogen-bond donors (Lipinski definition) is 1. The number of hydrogen-bond acceptors (Lipinski definition) is 2. The van der Waals surface area contributed by atoms with Gasteiger partial charge in [-0.25, -0.2) is 0 Å². The topological polar surface area (TPSA) is 32.3 Å². The summed E-state index contributed by atoms with van der Waals surface area (Å²) < 4.78 is 0. The molecule has 0 aromatic heterocycles. The highest BCUT2D eigenvalue weighted by Gasteiger charge is 2.53. The molecule has 3 nitrogen and oxygen atoms in total. The highest BCUT2D eigenvalue weighted by Crippen LogP contribution is 2.53. The average molecular weight is 292 g/mol. The molecule has 3 fully saturated rings. The molecule has 2 unspecified atom stereocenters. The van der Waals surface area contributed by atoms with Crippen molar-refractivity contribution >= 4 is 5.91 Å². The van der Waals surface area contributed by atoms with E-state index in [2.05, 4.69) is 37.9 Å². The van der Waals surface area contributed by atoms with E-state index >= 15 is 0 Å². The summed E-state index contributed by atoms with van der Waals surface area (Å²) in [6.45, 7) is 12.4. The van der Waals surface area contributed by atoms with Gasteiger partial charge < -0.3 is 10.2 Å². The summed E-state index contributed by atoms with van der Waals surface area (Å²) >= 11 is 0. The van der Waals surface area contributed by atoms with Crippen LogP contribution in [0.3, 0.4) is 0 Å². The van der Waals surface area contributed by atoms with Crippen LogP contribution < -0.4 is 5.32 Å². The molecular weight excluding hydrogens is 260 g/mol. The highest BCUT2D eigenvalue weighted by atomic mass is 16.2. The van der Waals surface area contributed by atoms with E-state index in [1.165, 1.54) is 19.3 Å². The van der Waals surface area contributed by atoms with Crippen LogP contribution in [0.25, 0.3) is 0 Å². The molecule has 120 valence electrons. The molecule has 2 heterocycles. The molecule has 3 rings (SSSR count). The zero-order valence-electron chi connectivity index (χ0n) is 14.3. The van der Waals surface area contributed by atoms with E-state index in [4.69, 9.17) is 0 Å². The molecule has 1 saturated carbocycles. The Morgan fingerprint density at radius 3 is 2.48 bits per heavy atom. The van der Waals surface area contributed by atoms with Gasteiger partial charge in [-0.1, -0.05) is 27.7 Å². The maximum absolute atomic E-state index is 13.3. The van der Waals surface area contributed by atoms with Crippen molar-refractivity contribution in [1.82, 2.24) is 10.2 Å². The minimum absolute atomic E-state index is 0.0801. The number of rotatable bonds is 2. The molecule has 0 spiro atoms. The molecule has 2 bridgehead atoms. The lowest BCUT2D eigenvalue weighted by atomic mass is 9.65. The Morgan fingerprint density at radius 2 is 1.86 bits per heavy atom. The molecule has 0 radical (unpaired) electrons. The van der Waals surface area contributed by atoms with Gasteiger partial charge >= 0.3 is 0 Å². The smallest absolute Gasteiger partial charge is 0.229 e. The molecule has 2 atom stereocenters. The van der Waals surface area contributed by atoms with Crippen LogP contribution >= 0.6 is 0 Å². The van der Waals surface area contributed by atoms with E-state index in [0.29, 0.717) is 22.8 Å². The number of carbonyl (C=O) groups is 1. The van der Waals surface area contributed by atoms with Crippen LogP contribution in [-0.4, -0.2) is 36.5 Å². The third-order valence-corrected chi connectivity index (χ3v) is 6.37. The first-order valence-corrected chi connectivity index (χ1v) is 8.81. The van der Waals surface area contributed by atoms with Crippen LogP contribution in [0.4, 0.5) is 0 Å². The molecule has 3 heteroatoms. The highest BCUT2D eigenvalue weighted by molar-refractivity contribution is 5.83. The molecule has 1 aliphatic carbocycles. The monoisotopic (exact) mass is 292 g/mol. The largest absolute Gasteiger partial charge is 0.339 e. The Morgan fingerprint density at radius 1 is 1.19 bits per heavy atom. The Labute approximate surface area is 129 Å². The summed E-state index contributed by atoms with van der Waals surface area (Å²) in [5.74, 6) is 0.470. The minimum atomic E-state index is -0.0801. The molecule has 2 aliphatic heterocycles. The first-order valence-electron chi connectivity index (χ1n) is 8.81. The normalized spacial score (nSPS) is 37.5. The minimum Gasteiger partial charge on any atom is -0.339 e. The fraction of sp³-hybridized carbons (Fsp3) is 0.944. The van der Waals surface area contributed by atoms with Crippen LogP contribution in [0, 0.1) is 16.2 Å². The maximum atomic E-state index is 13.3. The predicted octanol–water partition coefficient (Wildman–Crippen LogP) is 3.19. The number of piperidine rings is 1. The van der Waals surface area contributed by atoms with E-state index in [9.17, 15) is 4.79 Å². The van der Waals surface area contributed by atoms with Crippen LogP contribution in [0.2, 0.25) is 0 Å². The van der Waals surface area contributed by atoms with Gasteiger partial charge in [0.05, 0.1) is 5.41 Å². The predicted molar refractivity (Wildman–Crippen MR) is 86.1 cm³/mol. The van der Waals surface area contributed by atoms with Gasteiger partial charge in [0.1, 0.15) is 0 Å². The maximum Gasteiger partial charge on any atom is 0.229 e. The summed E-state index contributed by atoms with van der Waals surface area (Å²) in [6, 6.07) is 0.490. The second-order valence-electron chi connectivity index (χ2n) is 9.03. The fourth-order valence-electron chi connectivity index (χ4n) is 5.63. The first kappa shape index (κ1) is 15.3. The number of likely N-dealkylation sites (tertiary alicyclic amines) is 1. The van der Waals surface area contributed by atoms with Gasteiger partial charge in [0.15, 0.2) is 0 Å². The van der Waals surface area contributed by atoms with E-state index < -0.39 is 0 Å². The Hall–Kier alpha value is -0.570. The van der Waals surface area contributed by atoms with Crippen molar-refractivity contribution in [3.63, 3.8) is 0 Å². The summed E-state index contributed by atoms with van der Waals surface area (Å²) in [5.41, 5.74) is 0.660. The fourth-order valence-corrected chi connectivity index (χ4v) is 5.63. The van der Waals surface area contributed by atoms with Gasteiger partial charge in [0.25, 0.3) is 0 Å². The van der Waals surface area contributed by atoms with Crippen molar-refractivity contribution in [2.75, 3.05) is 19.6 Å². The van der Waals surface area contributed by atoms with Crippen LogP contribution in [-0.2, 0) is 4.79 Å². The SMILES string of the molecule is CCC1(C(=O)N2CC3(C)CC2CC(C)(C)C3)CCNCC1. The second-order valence-corrected chi connectivity index (χ2v) is 9.03. The number of fused-ring (bicyclic) bond motifs is 2. The molecule has 1 N–H and O–H groups in total. The third kappa shape index (κ3) is 2.62. The second kappa shape index (κ2) is 4.97. The summed E-state index contributed by atoms with van der Waals surface area (Å²) in [7, 11) is 0. The lowest BCUT2D eigenvalue weighted by Gasteiger charge is -2.41. The van der Waals surface area contributed by atoms with Crippen LogP contribution in [0.15, 0.2) is 0 Å². The molecule has 3 aliphatic rings. The van der Waals surface area contributed by atoms with Crippen molar-refractivity contribution in [3.8, 4) is 0 Å². The number of carbonyl (C=O) groups excluding carboxylic acids is 1. The summed E-state index contributed by atoms with van der Waals surface area (Å²) in [6.07, 6.45) is 6.71. The Balaban J connectivity index is 1.82. The van der Waals surface area contributed by atoms with Crippen molar-refractivity contribution < 1.29 is 4.79 Å². The van der Waals surface area contributed by atoms with E-state index in [-0.39, 0.29) is 5.41 Å². The van der Waals surface area contributed by atoms with Gasteiger partial charge in [-0.15, -0.1) is 0 Å². The van der Waals surface area contributed by atoms with Gasteiger partial charge in [-0.3, -0.25) is 4.79 Å². The third-order valence-electron chi connectivity index (χ3n) is 6.37. The van der Waals surface area contributed by atoms with Gasteiger partial charge in [0, 0.05) is 12.6 Å². The van der Waals surface area contributed by atoms with Crippen molar-refractivity contribution in [1.29, 1.82) is 0 Å². The average Bonchev–Trinajstić information content (AvgIpc) is 2.68. The standard InChI is InChI=1S/C18H32N2O/c1-5-18(6-8-19-9-7-18)15(21)20-13-17(4)11-14(20)10-16(2,3)12-17/h14,19H,5-13H2,1-4H3. The van der Waals surface area contributed by atoms with Crippen molar-refractivity contribution in [2.24, 2.45) is 16.2 Å². The molecule has 1 amide bonds. The van der Waals surface area contributed by atoms with Gasteiger partial charge in [-0.05, 0) is 62.4 Å². The van der Waals surface area contributed by atoms with Crippen molar-refractivity contribution in [3.05, 3.63) is 0 Å². The quantitative estimate of drug-likeness (QED) is 0.847. The lowest BCUT2D eigenvalue weighted by molar-refractivity contribution is -0.145. The van der Waals surface area contributed by atoms with Gasteiger partial charge in [-0.2, -0.15) is 0 Å².